The second kappa shape index (κ2) is 8.19. The summed E-state index contributed by atoms with van der Waals surface area (Å²) < 4.78 is 0. The van der Waals surface area contributed by atoms with Crippen LogP contribution in [0.15, 0.2) is 54.6 Å². The molecule has 2 rings (SSSR count). The van der Waals surface area contributed by atoms with E-state index in [0.29, 0.717) is 16.3 Å². The Labute approximate surface area is 148 Å². The lowest BCUT2D eigenvalue weighted by molar-refractivity contribution is -0.384. The number of anilines is 1. The van der Waals surface area contributed by atoms with Crippen LogP contribution in [0.5, 0.6) is 0 Å². The van der Waals surface area contributed by atoms with Crippen LogP contribution >= 0.6 is 23.8 Å². The van der Waals surface area contributed by atoms with Crippen molar-refractivity contribution in [3.63, 3.8) is 0 Å². The summed E-state index contributed by atoms with van der Waals surface area (Å²) in [4.78, 5) is 22.0. The van der Waals surface area contributed by atoms with E-state index in [-0.39, 0.29) is 10.8 Å². The van der Waals surface area contributed by atoms with Crippen LogP contribution in [0.3, 0.4) is 0 Å². The summed E-state index contributed by atoms with van der Waals surface area (Å²) in [5.74, 6) is -0.446. The number of carbonyl (C=O) groups is 1. The van der Waals surface area contributed by atoms with Crippen molar-refractivity contribution in [2.75, 3.05) is 5.32 Å². The highest BCUT2D eigenvalue weighted by Crippen LogP contribution is 2.17. The molecule has 0 aliphatic rings. The summed E-state index contributed by atoms with van der Waals surface area (Å²) in [5.41, 5.74) is 1.03. The van der Waals surface area contributed by atoms with Crippen molar-refractivity contribution in [3.8, 4) is 0 Å². The van der Waals surface area contributed by atoms with Crippen molar-refractivity contribution in [1.82, 2.24) is 5.32 Å². The first-order valence-corrected chi connectivity index (χ1v) is 7.53. The molecule has 2 aromatic carbocycles. The second-order valence-electron chi connectivity index (χ2n) is 4.61. The Balaban J connectivity index is 1.95. The van der Waals surface area contributed by atoms with E-state index in [2.05, 4.69) is 10.6 Å². The Morgan fingerprint density at radius 1 is 1.21 bits per heavy atom. The number of carbonyl (C=O) groups excluding carboxylic acids is 1. The molecule has 0 atom stereocenters. The van der Waals surface area contributed by atoms with Crippen molar-refractivity contribution < 1.29 is 9.72 Å². The van der Waals surface area contributed by atoms with Crippen LogP contribution in [0.25, 0.3) is 6.08 Å². The molecule has 2 aromatic rings. The minimum absolute atomic E-state index is 0.0318. The lowest BCUT2D eigenvalue weighted by atomic mass is 10.2. The number of thiocarbonyl (C=S) groups is 1. The Hall–Kier alpha value is -2.77. The first-order chi connectivity index (χ1) is 11.5. The monoisotopic (exact) mass is 361 g/mol. The number of non-ortho nitro benzene ring substituents is 1. The number of benzene rings is 2. The number of nitro benzene ring substituents is 1. The van der Waals surface area contributed by atoms with Crippen LogP contribution in [0.1, 0.15) is 5.56 Å². The SMILES string of the molecule is O=C(/C=C/c1ccccc1Cl)NC(=S)Nc1cccc([N+](=O)[O-])c1. The predicted molar refractivity (Wildman–Crippen MR) is 97.9 cm³/mol. The van der Waals surface area contributed by atoms with Gasteiger partial charge in [0.2, 0.25) is 5.91 Å². The van der Waals surface area contributed by atoms with E-state index in [1.807, 2.05) is 0 Å². The van der Waals surface area contributed by atoms with Crippen molar-refractivity contribution in [3.05, 3.63) is 75.3 Å². The zero-order valence-corrected chi connectivity index (χ0v) is 13.8. The fourth-order valence-corrected chi connectivity index (χ4v) is 2.21. The largest absolute Gasteiger partial charge is 0.332 e. The van der Waals surface area contributed by atoms with E-state index in [9.17, 15) is 14.9 Å². The first-order valence-electron chi connectivity index (χ1n) is 6.75. The molecule has 0 heterocycles. The van der Waals surface area contributed by atoms with Crippen LogP contribution in [0.4, 0.5) is 11.4 Å². The fourth-order valence-electron chi connectivity index (χ4n) is 1.79. The number of nitrogens with one attached hydrogen (secondary N) is 2. The van der Waals surface area contributed by atoms with Gasteiger partial charge in [0, 0.05) is 28.9 Å². The Morgan fingerprint density at radius 2 is 1.96 bits per heavy atom. The number of nitrogens with zero attached hydrogens (tertiary/aromatic N) is 1. The summed E-state index contributed by atoms with van der Waals surface area (Å²) in [6.45, 7) is 0. The molecule has 24 heavy (non-hydrogen) atoms. The van der Waals surface area contributed by atoms with Crippen LogP contribution in [0, 0.1) is 10.1 Å². The highest BCUT2D eigenvalue weighted by Gasteiger charge is 2.07. The summed E-state index contributed by atoms with van der Waals surface area (Å²) in [5, 5.41) is 16.4. The molecule has 0 saturated heterocycles. The van der Waals surface area contributed by atoms with Crippen LogP contribution in [-0.4, -0.2) is 15.9 Å². The van der Waals surface area contributed by atoms with Gasteiger partial charge in [0.15, 0.2) is 5.11 Å². The lowest BCUT2D eigenvalue weighted by Crippen LogP contribution is -2.32. The van der Waals surface area contributed by atoms with Gasteiger partial charge >= 0.3 is 0 Å². The van der Waals surface area contributed by atoms with E-state index < -0.39 is 10.8 Å². The number of hydrogen-bond donors (Lipinski definition) is 2. The van der Waals surface area contributed by atoms with Gasteiger partial charge in [-0.05, 0) is 36.0 Å². The van der Waals surface area contributed by atoms with E-state index in [4.69, 9.17) is 23.8 Å². The van der Waals surface area contributed by atoms with Crippen LogP contribution < -0.4 is 10.6 Å². The molecule has 0 saturated carbocycles. The fraction of sp³-hybridized carbons (Fsp3) is 0. The summed E-state index contributed by atoms with van der Waals surface area (Å²) in [6, 6.07) is 12.9. The first kappa shape index (κ1) is 17.6. The van der Waals surface area contributed by atoms with Gasteiger partial charge in [-0.3, -0.25) is 20.2 Å². The topological polar surface area (TPSA) is 84.3 Å². The molecular weight excluding hydrogens is 350 g/mol. The second-order valence-corrected chi connectivity index (χ2v) is 5.42. The minimum Gasteiger partial charge on any atom is -0.332 e. The number of rotatable bonds is 4. The van der Waals surface area contributed by atoms with Crippen LogP contribution in [0.2, 0.25) is 5.02 Å². The maximum absolute atomic E-state index is 11.8. The third kappa shape index (κ3) is 5.15. The van der Waals surface area contributed by atoms with Gasteiger partial charge in [0.25, 0.3) is 5.69 Å². The average Bonchev–Trinajstić information content (AvgIpc) is 2.54. The summed E-state index contributed by atoms with van der Waals surface area (Å²) in [7, 11) is 0. The van der Waals surface area contributed by atoms with Gasteiger partial charge in [-0.15, -0.1) is 0 Å². The molecule has 1 amide bonds. The maximum atomic E-state index is 11.8. The standard InChI is InChI=1S/C16H12ClN3O3S/c17-14-7-2-1-4-11(14)8-9-15(21)19-16(24)18-12-5-3-6-13(10-12)20(22)23/h1-10H,(H2,18,19,21,24)/b9-8+. The van der Waals surface area contributed by atoms with Crippen LogP contribution in [-0.2, 0) is 4.79 Å². The van der Waals surface area contributed by atoms with Gasteiger partial charge in [-0.1, -0.05) is 35.9 Å². The molecule has 122 valence electrons. The molecule has 0 radical (unpaired) electrons. The lowest BCUT2D eigenvalue weighted by Gasteiger charge is -2.07. The number of nitro groups is 1. The van der Waals surface area contributed by atoms with Gasteiger partial charge < -0.3 is 5.32 Å². The maximum Gasteiger partial charge on any atom is 0.271 e. The Kier molecular flexibility index (Phi) is 6.00. The van der Waals surface area contributed by atoms with E-state index in [1.54, 1.807) is 36.4 Å². The Bertz CT molecular complexity index is 824. The number of hydrogen-bond acceptors (Lipinski definition) is 4. The third-order valence-corrected chi connectivity index (χ3v) is 3.42. The highest BCUT2D eigenvalue weighted by molar-refractivity contribution is 7.80. The third-order valence-electron chi connectivity index (χ3n) is 2.87. The molecule has 6 nitrogen and oxygen atoms in total. The van der Waals surface area contributed by atoms with E-state index in [1.165, 1.54) is 24.3 Å². The van der Waals surface area contributed by atoms with Gasteiger partial charge in [-0.2, -0.15) is 0 Å². The summed E-state index contributed by atoms with van der Waals surface area (Å²) >= 11 is 11.0. The van der Waals surface area contributed by atoms with Crippen molar-refractivity contribution >= 4 is 52.3 Å². The van der Waals surface area contributed by atoms with Crippen molar-refractivity contribution in [1.29, 1.82) is 0 Å². The molecule has 0 aliphatic carbocycles. The number of amides is 1. The average molecular weight is 362 g/mol. The molecular formula is C16H12ClN3O3S. The molecule has 0 fully saturated rings. The molecule has 0 spiro atoms. The predicted octanol–water partition coefficient (Wildman–Crippen LogP) is 3.77. The Morgan fingerprint density at radius 3 is 2.67 bits per heavy atom. The normalized spacial score (nSPS) is 10.4. The quantitative estimate of drug-likeness (QED) is 0.375. The smallest absolute Gasteiger partial charge is 0.271 e. The molecule has 0 bridgehead atoms. The van der Waals surface area contributed by atoms with Gasteiger partial charge in [-0.25, -0.2) is 0 Å². The minimum atomic E-state index is -0.515. The zero-order chi connectivity index (χ0) is 17.5. The highest BCUT2D eigenvalue weighted by atomic mass is 35.5. The van der Waals surface area contributed by atoms with Gasteiger partial charge in [0.1, 0.15) is 0 Å². The molecule has 0 aliphatic heterocycles. The molecule has 0 unspecified atom stereocenters. The summed E-state index contributed by atoms with van der Waals surface area (Å²) in [6.07, 6.45) is 2.86. The van der Waals surface area contributed by atoms with Crippen molar-refractivity contribution in [2.24, 2.45) is 0 Å². The number of halogens is 1. The van der Waals surface area contributed by atoms with Gasteiger partial charge in [0.05, 0.1) is 4.92 Å². The van der Waals surface area contributed by atoms with E-state index >= 15 is 0 Å². The molecule has 2 N–H and O–H groups in total. The van der Waals surface area contributed by atoms with Crippen molar-refractivity contribution in [2.45, 2.75) is 0 Å². The molecule has 0 aromatic heterocycles. The van der Waals surface area contributed by atoms with E-state index in [0.717, 1.165) is 0 Å². The zero-order valence-electron chi connectivity index (χ0n) is 12.2. The molecule has 8 heteroatoms.